The van der Waals surface area contributed by atoms with Gasteiger partial charge in [-0.15, -0.1) is 0 Å². The molecule has 2 aromatic carbocycles. The van der Waals surface area contributed by atoms with Crippen LogP contribution >= 0.6 is 0 Å². The normalized spacial score (nSPS) is 18.2. The number of aliphatic hydroxyl groups is 1. The summed E-state index contributed by atoms with van der Waals surface area (Å²) in [4.78, 5) is 8.91. The lowest BCUT2D eigenvalue weighted by molar-refractivity contribution is 0.0394. The summed E-state index contributed by atoms with van der Waals surface area (Å²) >= 11 is 0. The van der Waals surface area contributed by atoms with Crippen molar-refractivity contribution >= 4 is 12.2 Å². The Morgan fingerprint density at radius 3 is 2.62 bits per heavy atom. The van der Waals surface area contributed by atoms with Gasteiger partial charge in [0.1, 0.15) is 11.4 Å². The Morgan fingerprint density at radius 2 is 1.91 bits per heavy atom. The third-order valence-corrected chi connectivity index (χ3v) is 5.92. The van der Waals surface area contributed by atoms with Gasteiger partial charge in [0, 0.05) is 18.4 Å². The summed E-state index contributed by atoms with van der Waals surface area (Å²) in [6.45, 7) is 4.73. The first-order chi connectivity index (χ1) is 15.4. The highest BCUT2D eigenvalue weighted by Crippen LogP contribution is 2.36. The van der Waals surface area contributed by atoms with E-state index in [1.54, 1.807) is 16.8 Å². The molecule has 0 bridgehead atoms. The third-order valence-electron chi connectivity index (χ3n) is 5.92. The van der Waals surface area contributed by atoms with Crippen LogP contribution in [0.25, 0.3) is 17.8 Å². The number of rotatable bonds is 4. The van der Waals surface area contributed by atoms with Gasteiger partial charge in [0.2, 0.25) is 0 Å². The zero-order valence-corrected chi connectivity index (χ0v) is 18.0. The second kappa shape index (κ2) is 7.84. The van der Waals surface area contributed by atoms with E-state index in [2.05, 4.69) is 34.1 Å². The molecule has 162 valence electrons. The van der Waals surface area contributed by atoms with E-state index < -0.39 is 5.60 Å². The van der Waals surface area contributed by atoms with E-state index in [0.29, 0.717) is 30.2 Å². The number of hydrogen-bond acceptors (Lipinski definition) is 4. The van der Waals surface area contributed by atoms with Gasteiger partial charge in [0.25, 0.3) is 0 Å². The molecule has 0 fully saturated rings. The van der Waals surface area contributed by atoms with Crippen molar-refractivity contribution in [2.45, 2.75) is 38.8 Å². The van der Waals surface area contributed by atoms with E-state index in [-0.39, 0.29) is 5.82 Å². The van der Waals surface area contributed by atoms with Crippen molar-refractivity contribution in [3.8, 4) is 5.69 Å². The first-order valence-corrected chi connectivity index (χ1v) is 10.7. The molecule has 5 rings (SSSR count). The fourth-order valence-corrected chi connectivity index (χ4v) is 4.28. The van der Waals surface area contributed by atoms with Crippen LogP contribution in [0.2, 0.25) is 0 Å². The molecule has 7 heteroatoms. The summed E-state index contributed by atoms with van der Waals surface area (Å²) in [6.07, 6.45) is 8.92. The molecular weight excluding hydrogens is 405 g/mol. The number of halogens is 1. The van der Waals surface area contributed by atoms with Gasteiger partial charge in [-0.1, -0.05) is 24.3 Å². The summed E-state index contributed by atoms with van der Waals surface area (Å²) in [7, 11) is 0. The number of aryl methyl sites for hydroxylation is 3. The molecule has 1 aliphatic heterocycles. The van der Waals surface area contributed by atoms with Gasteiger partial charge in [-0.2, -0.15) is 5.10 Å². The van der Waals surface area contributed by atoms with Crippen LogP contribution in [0.15, 0.2) is 55.0 Å². The second-order valence-corrected chi connectivity index (χ2v) is 8.29. The minimum atomic E-state index is -1.27. The fourth-order valence-electron chi connectivity index (χ4n) is 4.28. The second-order valence-electron chi connectivity index (χ2n) is 8.29. The summed E-state index contributed by atoms with van der Waals surface area (Å²) in [5.74, 6) is 0.703. The van der Waals surface area contributed by atoms with Crippen LogP contribution in [0, 0.1) is 19.7 Å². The van der Waals surface area contributed by atoms with Crippen LogP contribution in [-0.4, -0.2) is 29.4 Å². The van der Waals surface area contributed by atoms with Crippen LogP contribution in [0.1, 0.15) is 46.9 Å². The average molecular weight is 429 g/mol. The van der Waals surface area contributed by atoms with Crippen LogP contribution in [0.4, 0.5) is 4.39 Å². The predicted octanol–water partition coefficient (Wildman–Crippen LogP) is 4.42. The summed E-state index contributed by atoms with van der Waals surface area (Å²) in [5.41, 5.74) is 3.58. The van der Waals surface area contributed by atoms with Gasteiger partial charge >= 0.3 is 0 Å². The molecule has 0 aliphatic carbocycles. The first-order valence-electron chi connectivity index (χ1n) is 10.7. The Kier molecular flexibility index (Phi) is 4.98. The standard InChI is InChI=1S/C25H24FN5O/c1-17-14-19(4-10-22(17)30-15-18(2)27-16-30)5-11-23-28-24-25(32,12-3-13-31(24)29-23)20-6-8-21(26)9-7-20/h4-11,14-16,32H,3,12-13H2,1-2H3/b11-5+/t25-/m0/s1. The SMILES string of the molecule is Cc1cn(-c2ccc(/C=C/c3nc4n(n3)CCC[C@]4(O)c3ccc(F)cc3)cc2C)cn1. The van der Waals surface area contributed by atoms with Gasteiger partial charge in [0.15, 0.2) is 11.6 Å². The highest BCUT2D eigenvalue weighted by molar-refractivity contribution is 5.68. The first kappa shape index (κ1) is 20.3. The number of nitrogens with zero attached hydrogens (tertiary/aromatic N) is 5. The molecule has 2 aromatic heterocycles. The minimum Gasteiger partial charge on any atom is -0.377 e. The smallest absolute Gasteiger partial charge is 0.174 e. The predicted molar refractivity (Wildman–Crippen MR) is 121 cm³/mol. The largest absolute Gasteiger partial charge is 0.377 e. The summed E-state index contributed by atoms with van der Waals surface area (Å²) in [5, 5.41) is 16.0. The maximum Gasteiger partial charge on any atom is 0.174 e. The van der Waals surface area contributed by atoms with Gasteiger partial charge in [-0.25, -0.2) is 19.0 Å². The van der Waals surface area contributed by atoms with Crippen LogP contribution < -0.4 is 0 Å². The molecule has 1 N–H and O–H groups in total. The van der Waals surface area contributed by atoms with Gasteiger partial charge in [-0.05, 0) is 73.7 Å². The molecular formula is C25H24FN5O. The van der Waals surface area contributed by atoms with E-state index in [0.717, 1.165) is 28.9 Å². The summed E-state index contributed by atoms with van der Waals surface area (Å²) in [6, 6.07) is 12.2. The monoisotopic (exact) mass is 429 g/mol. The lowest BCUT2D eigenvalue weighted by Crippen LogP contribution is -2.35. The molecule has 6 nitrogen and oxygen atoms in total. The zero-order chi connectivity index (χ0) is 22.3. The highest BCUT2D eigenvalue weighted by atomic mass is 19.1. The van der Waals surface area contributed by atoms with E-state index in [1.807, 2.05) is 42.2 Å². The minimum absolute atomic E-state index is 0.331. The quantitative estimate of drug-likeness (QED) is 0.521. The number of hydrogen-bond donors (Lipinski definition) is 1. The maximum absolute atomic E-state index is 13.4. The Morgan fingerprint density at radius 1 is 1.09 bits per heavy atom. The van der Waals surface area contributed by atoms with Crippen molar-refractivity contribution < 1.29 is 9.50 Å². The maximum atomic E-state index is 13.4. The van der Waals surface area contributed by atoms with E-state index in [4.69, 9.17) is 0 Å². The average Bonchev–Trinajstić information content (AvgIpc) is 3.40. The van der Waals surface area contributed by atoms with Crippen LogP contribution in [0.3, 0.4) is 0 Å². The molecule has 0 unspecified atom stereocenters. The Bertz CT molecular complexity index is 1300. The molecule has 32 heavy (non-hydrogen) atoms. The Labute approximate surface area is 185 Å². The molecule has 1 atom stereocenters. The Hall–Kier alpha value is -3.58. The van der Waals surface area contributed by atoms with Crippen molar-refractivity contribution in [1.29, 1.82) is 0 Å². The Balaban J connectivity index is 1.42. The van der Waals surface area contributed by atoms with E-state index >= 15 is 0 Å². The van der Waals surface area contributed by atoms with Gasteiger partial charge < -0.3 is 9.67 Å². The molecule has 0 amide bonds. The topological polar surface area (TPSA) is 68.8 Å². The molecule has 3 heterocycles. The molecule has 4 aromatic rings. The molecule has 0 saturated carbocycles. The molecule has 0 radical (unpaired) electrons. The zero-order valence-electron chi connectivity index (χ0n) is 18.0. The molecule has 1 aliphatic rings. The lowest BCUT2D eigenvalue weighted by atomic mass is 9.86. The number of aromatic nitrogens is 5. The lowest BCUT2D eigenvalue weighted by Gasteiger charge is -2.31. The fraction of sp³-hybridized carbons (Fsp3) is 0.240. The van der Waals surface area contributed by atoms with Crippen molar-refractivity contribution in [2.75, 3.05) is 0 Å². The molecule has 0 saturated heterocycles. The van der Waals surface area contributed by atoms with Crippen molar-refractivity contribution in [3.05, 3.63) is 94.8 Å². The van der Waals surface area contributed by atoms with Crippen molar-refractivity contribution in [2.24, 2.45) is 0 Å². The number of imidazole rings is 1. The van der Waals surface area contributed by atoms with E-state index in [1.165, 1.54) is 12.1 Å². The van der Waals surface area contributed by atoms with Crippen molar-refractivity contribution in [3.63, 3.8) is 0 Å². The van der Waals surface area contributed by atoms with Crippen molar-refractivity contribution in [1.82, 2.24) is 24.3 Å². The van der Waals surface area contributed by atoms with Gasteiger partial charge in [0.05, 0.1) is 12.0 Å². The van der Waals surface area contributed by atoms with Crippen LogP contribution in [-0.2, 0) is 12.1 Å². The summed E-state index contributed by atoms with van der Waals surface area (Å²) < 4.78 is 17.1. The number of fused-ring (bicyclic) bond motifs is 1. The number of benzene rings is 2. The molecule has 0 spiro atoms. The van der Waals surface area contributed by atoms with E-state index in [9.17, 15) is 9.50 Å². The highest BCUT2D eigenvalue weighted by Gasteiger charge is 2.39. The van der Waals surface area contributed by atoms with Gasteiger partial charge in [-0.3, -0.25) is 0 Å². The van der Waals surface area contributed by atoms with Crippen LogP contribution in [0.5, 0.6) is 0 Å². The third kappa shape index (κ3) is 3.65.